The molecule has 10 heteroatoms. The first-order valence-corrected chi connectivity index (χ1v) is 10.6. The minimum atomic E-state index is -3.60. The van der Waals surface area contributed by atoms with Crippen molar-refractivity contribution in [3.8, 4) is 11.4 Å². The Hall–Kier alpha value is -2.33. The number of halogens is 1. The quantitative estimate of drug-likeness (QED) is 0.626. The molecule has 28 heavy (non-hydrogen) atoms. The molecule has 146 valence electrons. The predicted octanol–water partition coefficient (Wildman–Crippen LogP) is 2.29. The summed E-state index contributed by atoms with van der Waals surface area (Å²) in [6, 6.07) is 10.2. The number of nitrogens with zero attached hydrogens (tertiary/aromatic N) is 5. The molecule has 0 aliphatic carbocycles. The Morgan fingerprint density at radius 1 is 1.07 bits per heavy atom. The Morgan fingerprint density at radius 3 is 2.57 bits per heavy atom. The number of sulfonamides is 1. The third-order valence-corrected chi connectivity index (χ3v) is 6.93. The summed E-state index contributed by atoms with van der Waals surface area (Å²) >= 11 is 6.07. The summed E-state index contributed by atoms with van der Waals surface area (Å²) in [4.78, 5) is 10.7. The van der Waals surface area contributed by atoms with E-state index in [0.29, 0.717) is 44.4 Å². The van der Waals surface area contributed by atoms with Crippen LogP contribution in [0.25, 0.3) is 11.4 Å². The van der Waals surface area contributed by atoms with Gasteiger partial charge >= 0.3 is 0 Å². The zero-order valence-corrected chi connectivity index (χ0v) is 16.5. The summed E-state index contributed by atoms with van der Waals surface area (Å²) in [6.07, 6.45) is 3.35. The fraction of sp³-hybridized carbons (Fsp3) is 0.278. The molecule has 0 unspecified atom stereocenters. The molecule has 0 spiro atoms. The lowest BCUT2D eigenvalue weighted by Crippen LogP contribution is -2.48. The summed E-state index contributed by atoms with van der Waals surface area (Å²) in [7, 11) is -3.60. The number of pyridine rings is 1. The van der Waals surface area contributed by atoms with Gasteiger partial charge in [0.15, 0.2) is 0 Å². The molecule has 8 nitrogen and oxygen atoms in total. The average Bonchev–Trinajstić information content (AvgIpc) is 3.18. The van der Waals surface area contributed by atoms with Gasteiger partial charge in [-0.3, -0.25) is 9.88 Å². The van der Waals surface area contributed by atoms with Crippen LogP contribution in [-0.2, 0) is 16.6 Å². The largest absolute Gasteiger partial charge is 0.338 e. The minimum Gasteiger partial charge on any atom is -0.338 e. The lowest BCUT2D eigenvalue weighted by Gasteiger charge is -2.33. The smallest absolute Gasteiger partial charge is 0.244 e. The summed E-state index contributed by atoms with van der Waals surface area (Å²) in [6.45, 7) is 2.34. The maximum absolute atomic E-state index is 12.8. The molecule has 0 bridgehead atoms. The highest BCUT2D eigenvalue weighted by Gasteiger charge is 2.30. The second-order valence-corrected chi connectivity index (χ2v) is 8.68. The molecule has 1 aliphatic heterocycles. The van der Waals surface area contributed by atoms with Crippen LogP contribution in [0.2, 0.25) is 5.02 Å². The van der Waals surface area contributed by atoms with Crippen LogP contribution < -0.4 is 0 Å². The molecule has 1 aliphatic rings. The van der Waals surface area contributed by atoms with Gasteiger partial charge in [-0.2, -0.15) is 9.29 Å². The van der Waals surface area contributed by atoms with Gasteiger partial charge in [-0.05, 0) is 24.3 Å². The van der Waals surface area contributed by atoms with Crippen LogP contribution in [0.1, 0.15) is 5.89 Å². The van der Waals surface area contributed by atoms with Crippen LogP contribution in [0, 0.1) is 0 Å². The van der Waals surface area contributed by atoms with Crippen molar-refractivity contribution in [2.24, 2.45) is 0 Å². The van der Waals surface area contributed by atoms with Gasteiger partial charge in [-0.15, -0.1) is 0 Å². The maximum atomic E-state index is 12.8. The van der Waals surface area contributed by atoms with Gasteiger partial charge in [0, 0.05) is 44.1 Å². The minimum absolute atomic E-state index is 0.142. The number of hydrogen-bond acceptors (Lipinski definition) is 7. The Bertz CT molecular complexity index is 1050. The molecule has 1 saturated heterocycles. The molecule has 1 aromatic carbocycles. The van der Waals surface area contributed by atoms with E-state index in [9.17, 15) is 8.42 Å². The summed E-state index contributed by atoms with van der Waals surface area (Å²) in [5.41, 5.74) is 0.785. The Labute approximate surface area is 167 Å². The number of benzene rings is 1. The van der Waals surface area contributed by atoms with Gasteiger partial charge in [0.05, 0.1) is 11.6 Å². The first kappa shape index (κ1) is 19.0. The van der Waals surface area contributed by atoms with Crippen LogP contribution in [0.15, 0.2) is 58.2 Å². The number of aromatic nitrogens is 3. The third-order valence-electron chi connectivity index (χ3n) is 4.53. The fourth-order valence-electron chi connectivity index (χ4n) is 3.04. The molecular formula is C18H18ClN5O3S. The summed E-state index contributed by atoms with van der Waals surface area (Å²) in [5, 5.41) is 4.22. The standard InChI is InChI=1S/C18H18ClN5O3S/c19-15-5-1-2-6-16(15)28(25,26)24-10-8-23(9-11-24)13-17-21-18(22-27-17)14-4-3-7-20-12-14/h1-7,12H,8-11,13H2. The van der Waals surface area contributed by atoms with E-state index in [1.165, 1.54) is 10.4 Å². The SMILES string of the molecule is O=S(=O)(c1ccccc1Cl)N1CCN(Cc2nc(-c3cccnc3)no2)CC1. The van der Waals surface area contributed by atoms with Gasteiger partial charge < -0.3 is 4.52 Å². The van der Waals surface area contributed by atoms with Crippen molar-refractivity contribution in [1.29, 1.82) is 0 Å². The van der Waals surface area contributed by atoms with E-state index in [2.05, 4.69) is 20.0 Å². The van der Waals surface area contributed by atoms with Crippen LogP contribution >= 0.6 is 11.6 Å². The molecule has 3 aromatic rings. The predicted molar refractivity (Wildman–Crippen MR) is 103 cm³/mol. The van der Waals surface area contributed by atoms with E-state index in [0.717, 1.165) is 5.56 Å². The molecule has 1 fully saturated rings. The van der Waals surface area contributed by atoms with Crippen LogP contribution in [0.3, 0.4) is 0 Å². The van der Waals surface area contributed by atoms with Gasteiger partial charge in [0.1, 0.15) is 4.90 Å². The van der Waals surface area contributed by atoms with Crippen LogP contribution in [0.5, 0.6) is 0 Å². The van der Waals surface area contributed by atoms with Crippen molar-refractivity contribution in [3.05, 3.63) is 59.7 Å². The van der Waals surface area contributed by atoms with Crippen LogP contribution in [-0.4, -0.2) is 58.9 Å². The van der Waals surface area contributed by atoms with E-state index in [4.69, 9.17) is 16.1 Å². The van der Waals surface area contributed by atoms with Gasteiger partial charge in [-0.25, -0.2) is 8.42 Å². The molecule has 0 saturated carbocycles. The van der Waals surface area contributed by atoms with Crippen LogP contribution in [0.4, 0.5) is 0 Å². The normalized spacial score (nSPS) is 16.3. The Balaban J connectivity index is 1.39. The van der Waals surface area contributed by atoms with Crippen molar-refractivity contribution in [1.82, 2.24) is 24.3 Å². The highest BCUT2D eigenvalue weighted by molar-refractivity contribution is 7.89. The maximum Gasteiger partial charge on any atom is 0.244 e. The Kier molecular flexibility index (Phi) is 5.40. The lowest BCUT2D eigenvalue weighted by atomic mass is 10.3. The Morgan fingerprint density at radius 2 is 1.86 bits per heavy atom. The molecule has 0 amide bonds. The summed E-state index contributed by atoms with van der Waals surface area (Å²) in [5.74, 6) is 0.976. The lowest BCUT2D eigenvalue weighted by molar-refractivity contribution is 0.163. The number of hydrogen-bond donors (Lipinski definition) is 0. The molecule has 0 radical (unpaired) electrons. The molecule has 2 aromatic heterocycles. The molecule has 3 heterocycles. The van der Waals surface area contributed by atoms with Crippen molar-refractivity contribution in [3.63, 3.8) is 0 Å². The number of piperazine rings is 1. The second kappa shape index (κ2) is 7.96. The van der Waals surface area contributed by atoms with E-state index >= 15 is 0 Å². The van der Waals surface area contributed by atoms with E-state index < -0.39 is 10.0 Å². The zero-order chi connectivity index (χ0) is 19.6. The second-order valence-electron chi connectivity index (χ2n) is 6.36. The highest BCUT2D eigenvalue weighted by Crippen LogP contribution is 2.25. The van der Waals surface area contributed by atoms with Crippen molar-refractivity contribution in [2.45, 2.75) is 11.4 Å². The molecule has 0 atom stereocenters. The van der Waals surface area contributed by atoms with Gasteiger partial charge in [-0.1, -0.05) is 28.9 Å². The monoisotopic (exact) mass is 419 g/mol. The molecule has 0 N–H and O–H groups in total. The van der Waals surface area contributed by atoms with E-state index in [1.54, 1.807) is 30.6 Å². The van der Waals surface area contributed by atoms with Gasteiger partial charge in [0.2, 0.25) is 21.7 Å². The van der Waals surface area contributed by atoms with Crippen molar-refractivity contribution >= 4 is 21.6 Å². The fourth-order valence-corrected chi connectivity index (χ4v) is 4.96. The topological polar surface area (TPSA) is 92.4 Å². The number of rotatable bonds is 5. The highest BCUT2D eigenvalue weighted by atomic mass is 35.5. The summed E-state index contributed by atoms with van der Waals surface area (Å²) < 4.78 is 32.4. The first-order chi connectivity index (χ1) is 13.5. The van der Waals surface area contributed by atoms with E-state index in [-0.39, 0.29) is 9.92 Å². The van der Waals surface area contributed by atoms with Crippen molar-refractivity contribution < 1.29 is 12.9 Å². The molecular weight excluding hydrogens is 402 g/mol. The third kappa shape index (κ3) is 3.93. The van der Waals surface area contributed by atoms with Crippen molar-refractivity contribution in [2.75, 3.05) is 26.2 Å². The van der Waals surface area contributed by atoms with Gasteiger partial charge in [0.25, 0.3) is 0 Å². The molecule has 4 rings (SSSR count). The zero-order valence-electron chi connectivity index (χ0n) is 14.9. The average molecular weight is 420 g/mol. The first-order valence-electron chi connectivity index (χ1n) is 8.74. The van der Waals surface area contributed by atoms with E-state index in [1.807, 2.05) is 12.1 Å².